The molecule has 0 saturated carbocycles. The summed E-state index contributed by atoms with van der Waals surface area (Å²) in [5, 5.41) is 8.20. The summed E-state index contributed by atoms with van der Waals surface area (Å²) < 4.78 is 4.69. The Kier molecular flexibility index (Phi) is 6.39. The third-order valence-corrected chi connectivity index (χ3v) is 1.46. The highest BCUT2D eigenvalue weighted by Crippen LogP contribution is 1.94. The molecule has 0 aromatic carbocycles. The lowest BCUT2D eigenvalue weighted by Crippen LogP contribution is -2.27. The zero-order chi connectivity index (χ0) is 11.0. The summed E-state index contributed by atoms with van der Waals surface area (Å²) in [6.45, 7) is 2.10. The highest BCUT2D eigenvalue weighted by Gasteiger charge is 2.04. The van der Waals surface area contributed by atoms with Crippen molar-refractivity contribution in [2.45, 2.75) is 25.8 Å². The third-order valence-electron chi connectivity index (χ3n) is 1.46. The van der Waals surface area contributed by atoms with Gasteiger partial charge in [-0.05, 0) is 6.42 Å². The van der Waals surface area contributed by atoms with Crippen molar-refractivity contribution < 1.29 is 19.4 Å². The molecule has 1 atom stereocenters. The summed E-state index contributed by atoms with van der Waals surface area (Å²) in [5.41, 5.74) is 5.57. The molecule has 0 heterocycles. The first-order valence-corrected chi connectivity index (χ1v) is 4.39. The molecule has 0 bridgehead atoms. The number of hydrogen-bond donors (Lipinski definition) is 2. The number of carboxylic acids is 1. The van der Waals surface area contributed by atoms with E-state index in [-0.39, 0.29) is 12.6 Å². The molecule has 1 unspecified atom stereocenters. The second-order valence-electron chi connectivity index (χ2n) is 2.85. The van der Waals surface area contributed by atoms with Gasteiger partial charge in [-0.3, -0.25) is 0 Å². The second-order valence-corrected chi connectivity index (χ2v) is 2.85. The van der Waals surface area contributed by atoms with E-state index >= 15 is 0 Å². The van der Waals surface area contributed by atoms with Gasteiger partial charge in [0.25, 0.3) is 0 Å². The Morgan fingerprint density at radius 3 is 2.64 bits per heavy atom. The van der Waals surface area contributed by atoms with Crippen LogP contribution in [0.25, 0.3) is 0 Å². The fourth-order valence-corrected chi connectivity index (χ4v) is 0.831. The molecule has 0 aromatic rings. The summed E-state index contributed by atoms with van der Waals surface area (Å²) in [6.07, 6.45) is 3.29. The molecular formula is C9H15NO4. The van der Waals surface area contributed by atoms with E-state index in [9.17, 15) is 9.59 Å². The van der Waals surface area contributed by atoms with E-state index in [0.29, 0.717) is 0 Å². The molecule has 0 aliphatic heterocycles. The van der Waals surface area contributed by atoms with Crippen molar-refractivity contribution >= 4 is 11.9 Å². The van der Waals surface area contributed by atoms with Gasteiger partial charge in [0.2, 0.25) is 0 Å². The van der Waals surface area contributed by atoms with Crippen LogP contribution in [0, 0.1) is 0 Å². The highest BCUT2D eigenvalue weighted by atomic mass is 16.5. The number of rotatable bonds is 6. The van der Waals surface area contributed by atoms with E-state index in [0.717, 1.165) is 25.0 Å². The topological polar surface area (TPSA) is 89.6 Å². The molecule has 3 N–H and O–H groups in total. The van der Waals surface area contributed by atoms with E-state index < -0.39 is 11.9 Å². The van der Waals surface area contributed by atoms with Gasteiger partial charge in [0.1, 0.15) is 6.61 Å². The Hall–Kier alpha value is -1.36. The first-order chi connectivity index (χ1) is 6.56. The van der Waals surface area contributed by atoms with E-state index in [1.165, 1.54) is 0 Å². The van der Waals surface area contributed by atoms with Crippen LogP contribution in [0.1, 0.15) is 19.8 Å². The molecule has 0 rings (SSSR count). The quantitative estimate of drug-likeness (QED) is 0.476. The Labute approximate surface area is 82.5 Å². The van der Waals surface area contributed by atoms with Crippen LogP contribution in [-0.2, 0) is 14.3 Å². The Balaban J connectivity index is 3.68. The van der Waals surface area contributed by atoms with Crippen LogP contribution in [0.15, 0.2) is 12.2 Å². The van der Waals surface area contributed by atoms with Crippen molar-refractivity contribution in [2.75, 3.05) is 6.61 Å². The fourth-order valence-electron chi connectivity index (χ4n) is 0.831. The van der Waals surface area contributed by atoms with Crippen LogP contribution >= 0.6 is 0 Å². The van der Waals surface area contributed by atoms with Gasteiger partial charge in [0.05, 0.1) is 0 Å². The SMILES string of the molecule is CCCC(N)COC(=O)C=CC(=O)O. The molecule has 0 spiro atoms. The van der Waals surface area contributed by atoms with E-state index in [1.54, 1.807) is 0 Å². The van der Waals surface area contributed by atoms with Crippen LogP contribution in [-0.4, -0.2) is 29.7 Å². The Morgan fingerprint density at radius 2 is 2.14 bits per heavy atom. The minimum atomic E-state index is -1.18. The highest BCUT2D eigenvalue weighted by molar-refractivity contribution is 5.90. The normalized spacial score (nSPS) is 12.7. The van der Waals surface area contributed by atoms with Gasteiger partial charge in [-0.2, -0.15) is 0 Å². The lowest BCUT2D eigenvalue weighted by atomic mass is 10.2. The molecule has 0 fully saturated rings. The van der Waals surface area contributed by atoms with Crippen molar-refractivity contribution in [3.63, 3.8) is 0 Å². The predicted octanol–water partition coefficient (Wildman–Crippen LogP) is 0.298. The number of carbonyl (C=O) groups excluding carboxylic acids is 1. The van der Waals surface area contributed by atoms with Crippen molar-refractivity contribution in [3.8, 4) is 0 Å². The number of carboxylic acid groups (broad SMARTS) is 1. The van der Waals surface area contributed by atoms with Gasteiger partial charge in [-0.1, -0.05) is 13.3 Å². The van der Waals surface area contributed by atoms with Crippen molar-refractivity contribution in [2.24, 2.45) is 5.73 Å². The zero-order valence-corrected chi connectivity index (χ0v) is 8.10. The average molecular weight is 201 g/mol. The zero-order valence-electron chi connectivity index (χ0n) is 8.10. The molecule has 14 heavy (non-hydrogen) atoms. The van der Waals surface area contributed by atoms with Gasteiger partial charge in [0.15, 0.2) is 0 Å². The summed E-state index contributed by atoms with van der Waals surface area (Å²) in [5.74, 6) is -1.86. The van der Waals surface area contributed by atoms with Crippen molar-refractivity contribution in [1.29, 1.82) is 0 Å². The van der Waals surface area contributed by atoms with Crippen LogP contribution in [0.5, 0.6) is 0 Å². The van der Waals surface area contributed by atoms with Gasteiger partial charge < -0.3 is 15.6 Å². The second kappa shape index (κ2) is 7.08. The number of ether oxygens (including phenoxy) is 1. The summed E-state index contributed by atoms with van der Waals surface area (Å²) in [4.78, 5) is 20.9. The van der Waals surface area contributed by atoms with Gasteiger partial charge in [-0.25, -0.2) is 9.59 Å². The maximum Gasteiger partial charge on any atom is 0.331 e. The third kappa shape index (κ3) is 7.30. The molecule has 5 nitrogen and oxygen atoms in total. The summed E-state index contributed by atoms with van der Waals surface area (Å²) >= 11 is 0. The fraction of sp³-hybridized carbons (Fsp3) is 0.556. The first kappa shape index (κ1) is 12.6. The molecule has 0 saturated heterocycles. The van der Waals surface area contributed by atoms with Gasteiger partial charge in [-0.15, -0.1) is 0 Å². The number of hydrogen-bond acceptors (Lipinski definition) is 4. The number of aliphatic carboxylic acids is 1. The summed E-state index contributed by atoms with van der Waals surface area (Å²) in [6, 6.07) is -0.179. The maximum atomic E-state index is 10.8. The number of esters is 1. The molecular weight excluding hydrogens is 186 g/mol. The van der Waals surface area contributed by atoms with E-state index in [4.69, 9.17) is 15.6 Å². The average Bonchev–Trinajstić information content (AvgIpc) is 2.12. The molecule has 0 radical (unpaired) electrons. The largest absolute Gasteiger partial charge is 0.478 e. The number of carbonyl (C=O) groups is 2. The molecule has 0 amide bonds. The molecule has 0 aliphatic rings. The Bertz CT molecular complexity index is 225. The predicted molar refractivity (Wildman–Crippen MR) is 50.6 cm³/mol. The van der Waals surface area contributed by atoms with Gasteiger partial charge >= 0.3 is 11.9 Å². The smallest absolute Gasteiger partial charge is 0.331 e. The van der Waals surface area contributed by atoms with E-state index in [2.05, 4.69) is 0 Å². The van der Waals surface area contributed by atoms with E-state index in [1.807, 2.05) is 6.92 Å². The maximum absolute atomic E-state index is 10.8. The first-order valence-electron chi connectivity index (χ1n) is 4.39. The van der Waals surface area contributed by atoms with Crippen molar-refractivity contribution in [1.82, 2.24) is 0 Å². The number of nitrogens with two attached hydrogens (primary N) is 1. The van der Waals surface area contributed by atoms with Gasteiger partial charge in [0, 0.05) is 18.2 Å². The van der Waals surface area contributed by atoms with Crippen LogP contribution in [0.4, 0.5) is 0 Å². The molecule has 0 aliphatic carbocycles. The molecule has 80 valence electrons. The Morgan fingerprint density at radius 1 is 1.50 bits per heavy atom. The summed E-state index contributed by atoms with van der Waals surface area (Å²) in [7, 11) is 0. The standard InChI is InChI=1S/C9H15NO4/c1-2-3-7(10)6-14-9(13)5-4-8(11)12/h4-5,7H,2-3,6,10H2,1H3,(H,11,12). The monoisotopic (exact) mass is 201 g/mol. The van der Waals surface area contributed by atoms with Crippen molar-refractivity contribution in [3.05, 3.63) is 12.2 Å². The minimum Gasteiger partial charge on any atom is -0.478 e. The lowest BCUT2D eigenvalue weighted by Gasteiger charge is -2.09. The lowest BCUT2D eigenvalue weighted by molar-refractivity contribution is -0.139. The van der Waals surface area contributed by atoms with Crippen LogP contribution in [0.3, 0.4) is 0 Å². The molecule has 5 heteroatoms. The van der Waals surface area contributed by atoms with Crippen LogP contribution in [0.2, 0.25) is 0 Å². The van der Waals surface area contributed by atoms with Crippen LogP contribution < -0.4 is 5.73 Å². The molecule has 0 aromatic heterocycles. The minimum absolute atomic E-state index is 0.122.